The van der Waals surface area contributed by atoms with Gasteiger partial charge in [0.1, 0.15) is 0 Å². The van der Waals surface area contributed by atoms with E-state index in [4.69, 9.17) is 17.3 Å². The molecule has 0 bridgehead atoms. The topological polar surface area (TPSA) is 55.1 Å². The molecule has 18 heavy (non-hydrogen) atoms. The summed E-state index contributed by atoms with van der Waals surface area (Å²) in [5, 5.41) is 2.73. The van der Waals surface area contributed by atoms with Crippen LogP contribution in [0, 0.1) is 5.92 Å². The number of hydrogen-bond donors (Lipinski definition) is 2. The van der Waals surface area contributed by atoms with Crippen LogP contribution in [0.15, 0.2) is 23.1 Å². The Morgan fingerprint density at radius 2 is 2.22 bits per heavy atom. The lowest BCUT2D eigenvalue weighted by Gasteiger charge is -2.14. The van der Waals surface area contributed by atoms with E-state index in [1.54, 1.807) is 13.0 Å². The van der Waals surface area contributed by atoms with Gasteiger partial charge in [0.15, 0.2) is 0 Å². The zero-order valence-corrected chi connectivity index (χ0v) is 11.2. The molecule has 3 N–H and O–H groups in total. The molecule has 3 nitrogen and oxygen atoms in total. The number of alkyl halides is 2. The maximum absolute atomic E-state index is 12.4. The van der Waals surface area contributed by atoms with Gasteiger partial charge in [0.05, 0.1) is 15.6 Å². The SMILES string of the molecule is CC(CN)C(=O)Nc1cccc(Cl)c1SC(F)F. The fourth-order valence-corrected chi connectivity index (χ4v) is 2.09. The van der Waals surface area contributed by atoms with E-state index in [1.165, 1.54) is 12.1 Å². The lowest BCUT2D eigenvalue weighted by atomic mass is 10.1. The summed E-state index contributed by atoms with van der Waals surface area (Å²) in [5.74, 6) is -3.32. The van der Waals surface area contributed by atoms with Crippen LogP contribution in [0.25, 0.3) is 0 Å². The number of rotatable bonds is 5. The van der Waals surface area contributed by atoms with Crippen LogP contribution in [0.5, 0.6) is 0 Å². The average molecular weight is 295 g/mol. The minimum atomic E-state index is -2.60. The normalized spacial score (nSPS) is 12.6. The molecule has 1 aromatic rings. The number of benzene rings is 1. The van der Waals surface area contributed by atoms with Crippen LogP contribution < -0.4 is 11.1 Å². The minimum Gasteiger partial charge on any atom is -0.330 e. The van der Waals surface area contributed by atoms with Gasteiger partial charge in [-0.1, -0.05) is 36.4 Å². The Hall–Kier alpha value is -0.850. The maximum atomic E-state index is 12.4. The Morgan fingerprint density at radius 1 is 1.56 bits per heavy atom. The standard InChI is InChI=1S/C11H13ClF2N2OS/c1-6(5-15)10(17)16-8-4-2-3-7(12)9(8)18-11(13)14/h2-4,6,11H,5,15H2,1H3,(H,16,17). The van der Waals surface area contributed by atoms with Crippen molar-refractivity contribution in [2.24, 2.45) is 11.7 Å². The first-order valence-electron chi connectivity index (χ1n) is 5.20. The van der Waals surface area contributed by atoms with Crippen LogP contribution in [0.4, 0.5) is 14.5 Å². The molecule has 0 aliphatic rings. The molecule has 0 aromatic heterocycles. The van der Waals surface area contributed by atoms with E-state index in [-0.39, 0.29) is 28.1 Å². The van der Waals surface area contributed by atoms with Crippen molar-refractivity contribution in [1.29, 1.82) is 0 Å². The second-order valence-corrected chi connectivity index (χ2v) is 5.03. The van der Waals surface area contributed by atoms with Gasteiger partial charge in [0.2, 0.25) is 5.91 Å². The summed E-state index contributed by atoms with van der Waals surface area (Å²) in [5.41, 5.74) is 5.64. The van der Waals surface area contributed by atoms with Crippen LogP contribution in [-0.2, 0) is 4.79 Å². The number of halogens is 3. The van der Waals surface area contributed by atoms with E-state index in [9.17, 15) is 13.6 Å². The lowest BCUT2D eigenvalue weighted by Crippen LogP contribution is -2.26. The van der Waals surface area contributed by atoms with E-state index < -0.39 is 11.7 Å². The van der Waals surface area contributed by atoms with Crippen molar-refractivity contribution in [2.45, 2.75) is 17.6 Å². The van der Waals surface area contributed by atoms with E-state index in [1.807, 2.05) is 0 Å². The first kappa shape index (κ1) is 15.2. The van der Waals surface area contributed by atoms with Crippen LogP contribution in [-0.4, -0.2) is 18.2 Å². The fraction of sp³-hybridized carbons (Fsp3) is 0.364. The Balaban J connectivity index is 2.94. The highest BCUT2D eigenvalue weighted by atomic mass is 35.5. The van der Waals surface area contributed by atoms with Crippen LogP contribution in [0.2, 0.25) is 5.02 Å². The summed E-state index contributed by atoms with van der Waals surface area (Å²) in [4.78, 5) is 11.8. The molecule has 0 saturated heterocycles. The van der Waals surface area contributed by atoms with Crippen molar-refractivity contribution in [3.63, 3.8) is 0 Å². The van der Waals surface area contributed by atoms with E-state index in [0.29, 0.717) is 11.8 Å². The maximum Gasteiger partial charge on any atom is 0.289 e. The number of thioether (sulfide) groups is 1. The molecule has 1 amide bonds. The van der Waals surface area contributed by atoms with Gasteiger partial charge in [-0.25, -0.2) is 0 Å². The highest BCUT2D eigenvalue weighted by molar-refractivity contribution is 7.99. The lowest BCUT2D eigenvalue weighted by molar-refractivity contribution is -0.119. The molecule has 100 valence electrons. The van der Waals surface area contributed by atoms with Crippen molar-refractivity contribution in [1.82, 2.24) is 0 Å². The second-order valence-electron chi connectivity index (χ2n) is 3.62. The largest absolute Gasteiger partial charge is 0.330 e. The highest BCUT2D eigenvalue weighted by Gasteiger charge is 2.17. The summed E-state index contributed by atoms with van der Waals surface area (Å²) in [6, 6.07) is 4.60. The van der Waals surface area contributed by atoms with Crippen molar-refractivity contribution in [3.05, 3.63) is 23.2 Å². The molecular formula is C11H13ClF2N2OS. The van der Waals surface area contributed by atoms with Gasteiger partial charge < -0.3 is 11.1 Å². The minimum absolute atomic E-state index is 0.159. The van der Waals surface area contributed by atoms with Crippen LogP contribution in [0.3, 0.4) is 0 Å². The molecule has 0 heterocycles. The Bertz CT molecular complexity index is 432. The van der Waals surface area contributed by atoms with Crippen LogP contribution >= 0.6 is 23.4 Å². The number of carbonyl (C=O) groups excluding carboxylic acids is 1. The number of carbonyl (C=O) groups is 1. The van der Waals surface area contributed by atoms with Crippen molar-refractivity contribution >= 4 is 35.0 Å². The third-order valence-electron chi connectivity index (χ3n) is 2.23. The van der Waals surface area contributed by atoms with Gasteiger partial charge in [-0.15, -0.1) is 0 Å². The van der Waals surface area contributed by atoms with Crippen molar-refractivity contribution in [3.8, 4) is 0 Å². The summed E-state index contributed by atoms with van der Waals surface area (Å²) in [6.07, 6.45) is 0. The smallest absolute Gasteiger partial charge is 0.289 e. The van der Waals surface area contributed by atoms with Crippen LogP contribution in [0.1, 0.15) is 6.92 Å². The average Bonchev–Trinajstić information content (AvgIpc) is 2.32. The second kappa shape index (κ2) is 6.92. The molecule has 1 unspecified atom stereocenters. The predicted octanol–water partition coefficient (Wildman–Crippen LogP) is 3.19. The van der Waals surface area contributed by atoms with Gasteiger partial charge in [0.25, 0.3) is 5.76 Å². The number of amides is 1. The zero-order valence-electron chi connectivity index (χ0n) is 9.62. The molecule has 0 aliphatic carbocycles. The van der Waals surface area contributed by atoms with Crippen molar-refractivity contribution < 1.29 is 13.6 Å². The quantitative estimate of drug-likeness (QED) is 0.820. The summed E-state index contributed by atoms with van der Waals surface area (Å²) in [7, 11) is 0. The first-order chi connectivity index (χ1) is 8.45. The summed E-state index contributed by atoms with van der Waals surface area (Å²) in [6.45, 7) is 1.84. The molecule has 0 radical (unpaired) electrons. The van der Waals surface area contributed by atoms with Gasteiger partial charge >= 0.3 is 0 Å². The fourth-order valence-electron chi connectivity index (χ4n) is 1.18. The third-order valence-corrected chi connectivity index (χ3v) is 3.51. The summed E-state index contributed by atoms with van der Waals surface area (Å²) < 4.78 is 24.8. The number of hydrogen-bond acceptors (Lipinski definition) is 3. The number of anilines is 1. The molecule has 1 atom stereocenters. The molecular weight excluding hydrogens is 282 g/mol. The monoisotopic (exact) mass is 294 g/mol. The Morgan fingerprint density at radius 3 is 2.78 bits per heavy atom. The van der Waals surface area contributed by atoms with Gasteiger partial charge in [-0.2, -0.15) is 8.78 Å². The van der Waals surface area contributed by atoms with E-state index in [2.05, 4.69) is 5.32 Å². The van der Waals surface area contributed by atoms with Gasteiger partial charge in [0, 0.05) is 12.5 Å². The molecule has 0 saturated carbocycles. The zero-order chi connectivity index (χ0) is 13.7. The molecule has 1 aromatic carbocycles. The number of nitrogens with two attached hydrogens (primary N) is 1. The molecule has 0 aliphatic heterocycles. The molecule has 1 rings (SSSR count). The Labute approximate surface area is 113 Å². The van der Waals surface area contributed by atoms with Crippen molar-refractivity contribution in [2.75, 3.05) is 11.9 Å². The Kier molecular flexibility index (Phi) is 5.84. The molecule has 7 heteroatoms. The third kappa shape index (κ3) is 4.12. The predicted molar refractivity (Wildman–Crippen MR) is 70.2 cm³/mol. The molecule has 0 spiro atoms. The van der Waals surface area contributed by atoms with E-state index in [0.717, 1.165) is 0 Å². The number of nitrogens with one attached hydrogen (secondary N) is 1. The van der Waals surface area contributed by atoms with E-state index >= 15 is 0 Å². The van der Waals surface area contributed by atoms with Gasteiger partial charge in [-0.3, -0.25) is 4.79 Å². The first-order valence-corrected chi connectivity index (χ1v) is 6.45. The molecule has 0 fully saturated rings. The summed E-state index contributed by atoms with van der Waals surface area (Å²) >= 11 is 6.14. The highest BCUT2D eigenvalue weighted by Crippen LogP contribution is 2.37. The van der Waals surface area contributed by atoms with Gasteiger partial charge in [-0.05, 0) is 12.1 Å².